The molecule has 0 fully saturated rings. The number of fused-ring (bicyclic) bond motifs is 2. The Morgan fingerprint density at radius 3 is 3.00 bits per heavy atom. The van der Waals surface area contributed by atoms with E-state index in [1.54, 1.807) is 36.8 Å². The molecule has 7 nitrogen and oxygen atoms in total. The van der Waals surface area contributed by atoms with Gasteiger partial charge in [-0.15, -0.1) is 10.2 Å². The molecular formula is C20H20N6OS2. The number of ether oxygens (including phenoxy) is 1. The Morgan fingerprint density at radius 2 is 2.14 bits per heavy atom. The van der Waals surface area contributed by atoms with Gasteiger partial charge in [-0.3, -0.25) is 9.55 Å². The summed E-state index contributed by atoms with van der Waals surface area (Å²) in [5.41, 5.74) is 3.16. The van der Waals surface area contributed by atoms with E-state index in [0.29, 0.717) is 12.6 Å². The number of thioether (sulfide) groups is 2. The summed E-state index contributed by atoms with van der Waals surface area (Å²) in [6.07, 6.45) is 3.62. The zero-order chi connectivity index (χ0) is 19.6. The molecule has 0 N–H and O–H groups in total. The summed E-state index contributed by atoms with van der Waals surface area (Å²) in [5.74, 6) is 2.78. The van der Waals surface area contributed by atoms with Crippen molar-refractivity contribution < 1.29 is 4.74 Å². The van der Waals surface area contributed by atoms with Gasteiger partial charge in [0, 0.05) is 43.1 Å². The quantitative estimate of drug-likeness (QED) is 0.418. The predicted molar refractivity (Wildman–Crippen MR) is 115 cm³/mol. The normalized spacial score (nSPS) is 15.8. The molecule has 1 atom stereocenters. The monoisotopic (exact) mass is 424 g/mol. The van der Waals surface area contributed by atoms with Gasteiger partial charge in [0.05, 0.1) is 23.7 Å². The summed E-state index contributed by atoms with van der Waals surface area (Å²) in [4.78, 5) is 9.09. The summed E-state index contributed by atoms with van der Waals surface area (Å²) in [5, 5.41) is 10.8. The molecule has 0 saturated heterocycles. The fourth-order valence-corrected chi connectivity index (χ4v) is 5.84. The number of hydrogen-bond donors (Lipinski definition) is 0. The summed E-state index contributed by atoms with van der Waals surface area (Å²) in [6.45, 7) is 1.45. The molecule has 29 heavy (non-hydrogen) atoms. The van der Waals surface area contributed by atoms with Gasteiger partial charge in [0.25, 0.3) is 0 Å². The first-order valence-corrected chi connectivity index (χ1v) is 11.4. The van der Waals surface area contributed by atoms with Gasteiger partial charge in [-0.2, -0.15) is 0 Å². The van der Waals surface area contributed by atoms with Crippen LogP contribution in [0, 0.1) is 0 Å². The van der Waals surface area contributed by atoms with Gasteiger partial charge < -0.3 is 9.30 Å². The Balaban J connectivity index is 1.41. The van der Waals surface area contributed by atoms with Crippen molar-refractivity contribution in [1.82, 2.24) is 29.3 Å². The molecule has 0 saturated carbocycles. The lowest BCUT2D eigenvalue weighted by molar-refractivity contribution is 0.186. The van der Waals surface area contributed by atoms with Crippen molar-refractivity contribution in [3.8, 4) is 11.4 Å². The van der Waals surface area contributed by atoms with E-state index in [1.165, 1.54) is 0 Å². The molecule has 148 valence electrons. The molecule has 0 spiro atoms. The Kier molecular flexibility index (Phi) is 5.26. The molecule has 0 radical (unpaired) electrons. The number of methoxy groups -OCH3 is 1. The van der Waals surface area contributed by atoms with Crippen LogP contribution in [0.5, 0.6) is 0 Å². The third kappa shape index (κ3) is 3.54. The van der Waals surface area contributed by atoms with Gasteiger partial charge in [-0.05, 0) is 24.3 Å². The first kappa shape index (κ1) is 18.7. The zero-order valence-electron chi connectivity index (χ0n) is 15.9. The third-order valence-electron chi connectivity index (χ3n) is 4.90. The predicted octanol–water partition coefficient (Wildman–Crippen LogP) is 3.78. The van der Waals surface area contributed by atoms with Crippen molar-refractivity contribution >= 4 is 34.6 Å². The van der Waals surface area contributed by atoms with Gasteiger partial charge >= 0.3 is 0 Å². The van der Waals surface area contributed by atoms with Crippen molar-refractivity contribution in [1.29, 1.82) is 0 Å². The molecule has 0 aliphatic carbocycles. The Morgan fingerprint density at radius 1 is 1.21 bits per heavy atom. The largest absolute Gasteiger partial charge is 0.383 e. The van der Waals surface area contributed by atoms with Crippen LogP contribution in [0.2, 0.25) is 0 Å². The van der Waals surface area contributed by atoms with Crippen molar-refractivity contribution in [2.24, 2.45) is 0 Å². The summed E-state index contributed by atoms with van der Waals surface area (Å²) in [7, 11) is 1.73. The summed E-state index contributed by atoms with van der Waals surface area (Å²) in [6, 6.07) is 12.5. The van der Waals surface area contributed by atoms with E-state index in [-0.39, 0.29) is 0 Å². The van der Waals surface area contributed by atoms with E-state index in [2.05, 4.69) is 42.5 Å². The number of benzene rings is 1. The van der Waals surface area contributed by atoms with E-state index in [4.69, 9.17) is 9.72 Å². The maximum Gasteiger partial charge on any atom is 0.191 e. The van der Waals surface area contributed by atoms with Crippen molar-refractivity contribution in [3.63, 3.8) is 0 Å². The molecule has 4 heterocycles. The molecule has 1 aliphatic heterocycles. The highest BCUT2D eigenvalue weighted by atomic mass is 32.2. The smallest absolute Gasteiger partial charge is 0.191 e. The molecule has 1 aliphatic rings. The van der Waals surface area contributed by atoms with Crippen molar-refractivity contribution in [2.75, 3.05) is 25.2 Å². The van der Waals surface area contributed by atoms with Gasteiger partial charge in [0.1, 0.15) is 0 Å². The number of para-hydroxylation sites is 2. The second kappa shape index (κ2) is 8.17. The SMILES string of the molecule is COCCn1c(SCC2CSc3nnc(-c4cccnc4)n32)nc2ccccc21. The molecule has 0 amide bonds. The molecule has 4 aromatic rings. The van der Waals surface area contributed by atoms with E-state index in [9.17, 15) is 0 Å². The van der Waals surface area contributed by atoms with Crippen LogP contribution in [-0.2, 0) is 11.3 Å². The highest BCUT2D eigenvalue weighted by Crippen LogP contribution is 2.39. The molecule has 3 aromatic heterocycles. The summed E-state index contributed by atoms with van der Waals surface area (Å²) < 4.78 is 9.81. The molecule has 1 aromatic carbocycles. The molecule has 1 unspecified atom stereocenters. The first-order chi connectivity index (χ1) is 14.3. The topological polar surface area (TPSA) is 70.7 Å². The number of aromatic nitrogens is 6. The van der Waals surface area contributed by atoms with E-state index in [1.807, 2.05) is 24.4 Å². The maximum absolute atomic E-state index is 5.31. The zero-order valence-corrected chi connectivity index (χ0v) is 17.6. The number of hydrogen-bond acceptors (Lipinski definition) is 7. The first-order valence-electron chi connectivity index (χ1n) is 9.40. The van der Waals surface area contributed by atoms with Gasteiger partial charge in [-0.1, -0.05) is 35.7 Å². The average molecular weight is 425 g/mol. The number of nitrogens with zero attached hydrogens (tertiary/aromatic N) is 6. The second-order valence-electron chi connectivity index (χ2n) is 6.72. The van der Waals surface area contributed by atoms with Crippen LogP contribution in [0.1, 0.15) is 6.04 Å². The van der Waals surface area contributed by atoms with Crippen LogP contribution in [0.3, 0.4) is 0 Å². The lowest BCUT2D eigenvalue weighted by Gasteiger charge is -2.14. The second-order valence-corrected chi connectivity index (χ2v) is 8.70. The minimum atomic E-state index is 0.306. The fourth-order valence-electron chi connectivity index (χ4n) is 3.50. The van der Waals surface area contributed by atoms with E-state index >= 15 is 0 Å². The number of imidazole rings is 1. The Bertz CT molecular complexity index is 1130. The van der Waals surface area contributed by atoms with Crippen LogP contribution >= 0.6 is 23.5 Å². The minimum absolute atomic E-state index is 0.306. The van der Waals surface area contributed by atoms with Crippen LogP contribution in [0.15, 0.2) is 59.1 Å². The lowest BCUT2D eigenvalue weighted by Crippen LogP contribution is -2.12. The van der Waals surface area contributed by atoms with Crippen LogP contribution < -0.4 is 0 Å². The van der Waals surface area contributed by atoms with Gasteiger partial charge in [-0.25, -0.2) is 4.98 Å². The lowest BCUT2D eigenvalue weighted by atomic mass is 10.2. The highest BCUT2D eigenvalue weighted by Gasteiger charge is 2.29. The standard InChI is InChI=1S/C20H20N6OS2/c1-27-10-9-25-17-7-3-2-6-16(17)22-19(25)28-12-15-13-29-20-24-23-18(26(15)20)14-5-4-8-21-11-14/h2-8,11,15H,9-10,12-13H2,1H3. The molecule has 0 bridgehead atoms. The minimum Gasteiger partial charge on any atom is -0.383 e. The van der Waals surface area contributed by atoms with Crippen LogP contribution in [0.25, 0.3) is 22.4 Å². The highest BCUT2D eigenvalue weighted by molar-refractivity contribution is 8.00. The van der Waals surface area contributed by atoms with Crippen molar-refractivity contribution in [2.45, 2.75) is 22.9 Å². The Hall–Kier alpha value is -2.36. The molecular weight excluding hydrogens is 404 g/mol. The summed E-state index contributed by atoms with van der Waals surface area (Å²) >= 11 is 3.54. The maximum atomic E-state index is 5.31. The third-order valence-corrected chi connectivity index (χ3v) is 7.11. The fraction of sp³-hybridized carbons (Fsp3) is 0.300. The van der Waals surface area contributed by atoms with E-state index < -0.39 is 0 Å². The number of rotatable bonds is 7. The Labute approximate surface area is 176 Å². The van der Waals surface area contributed by atoms with Crippen LogP contribution in [0.4, 0.5) is 0 Å². The van der Waals surface area contributed by atoms with Crippen LogP contribution in [-0.4, -0.2) is 54.5 Å². The number of pyridine rings is 1. The van der Waals surface area contributed by atoms with Gasteiger partial charge in [0.2, 0.25) is 0 Å². The van der Waals surface area contributed by atoms with E-state index in [0.717, 1.165) is 50.8 Å². The van der Waals surface area contributed by atoms with Gasteiger partial charge in [0.15, 0.2) is 16.1 Å². The van der Waals surface area contributed by atoms with Crippen molar-refractivity contribution in [3.05, 3.63) is 48.8 Å². The molecule has 5 rings (SSSR count). The molecule has 9 heteroatoms. The average Bonchev–Trinajstić information content (AvgIpc) is 3.45.